The number of rotatable bonds is 2. The topological polar surface area (TPSA) is 25.8 Å². The Bertz CT molecular complexity index is 637. The molecule has 1 saturated heterocycles. The molecule has 2 heterocycles. The predicted molar refractivity (Wildman–Crippen MR) is 95.0 cm³/mol. The Hall–Kier alpha value is -0.130. The second-order valence-electron chi connectivity index (χ2n) is 4.45. The molecule has 0 aliphatic carbocycles. The fourth-order valence-electron chi connectivity index (χ4n) is 2.09. The van der Waals surface area contributed by atoms with Crippen LogP contribution in [0.25, 0.3) is 11.1 Å². The summed E-state index contributed by atoms with van der Waals surface area (Å²) in [5.41, 5.74) is 1.35. The Morgan fingerprint density at radius 3 is 2.33 bits per heavy atom. The maximum Gasteiger partial charge on any atom is 0.145 e. The molecular weight excluding hydrogens is 367 g/mol. The van der Waals surface area contributed by atoms with Gasteiger partial charge in [-0.1, -0.05) is 53.0 Å². The second kappa shape index (κ2) is 6.97. The summed E-state index contributed by atoms with van der Waals surface area (Å²) in [6.07, 6.45) is 0. The lowest BCUT2D eigenvalue weighted by atomic mass is 10.1. The van der Waals surface area contributed by atoms with Crippen LogP contribution < -0.4 is 0 Å². The summed E-state index contributed by atoms with van der Waals surface area (Å²) in [6, 6.07) is 7.41. The van der Waals surface area contributed by atoms with Crippen molar-refractivity contribution in [3.05, 3.63) is 45.4 Å². The monoisotopic (exact) mass is 376 g/mol. The Morgan fingerprint density at radius 2 is 1.71 bits per heavy atom. The van der Waals surface area contributed by atoms with Crippen LogP contribution in [0.15, 0.2) is 24.3 Å². The first-order chi connectivity index (χ1) is 10.2. The predicted octanol–water partition coefficient (Wildman–Crippen LogP) is 5.62. The van der Waals surface area contributed by atoms with E-state index in [4.69, 9.17) is 34.8 Å². The smallest absolute Gasteiger partial charge is 0.145 e. The Labute approximate surface area is 147 Å². The minimum absolute atomic E-state index is 0.249. The van der Waals surface area contributed by atoms with E-state index in [1.54, 1.807) is 6.07 Å². The highest BCUT2D eigenvalue weighted by atomic mass is 35.5. The zero-order valence-corrected chi connectivity index (χ0v) is 14.8. The van der Waals surface area contributed by atoms with Gasteiger partial charge in [-0.25, -0.2) is 9.97 Å². The van der Waals surface area contributed by atoms with Crippen LogP contribution in [-0.2, 0) is 0 Å². The van der Waals surface area contributed by atoms with E-state index in [0.717, 1.165) is 17.1 Å². The fourth-order valence-corrected chi connectivity index (χ4v) is 5.52. The van der Waals surface area contributed by atoms with E-state index in [9.17, 15) is 0 Å². The van der Waals surface area contributed by atoms with Gasteiger partial charge in [-0.05, 0) is 6.07 Å². The average Bonchev–Trinajstić information content (AvgIpc) is 2.49. The van der Waals surface area contributed by atoms with Crippen LogP contribution in [0.1, 0.15) is 11.1 Å². The highest BCUT2D eigenvalue weighted by Gasteiger charge is 2.23. The van der Waals surface area contributed by atoms with Gasteiger partial charge in [0.15, 0.2) is 0 Å². The molecule has 3 rings (SSSR count). The molecule has 2 nitrogen and oxygen atoms in total. The van der Waals surface area contributed by atoms with Gasteiger partial charge in [0.25, 0.3) is 0 Å². The molecule has 21 heavy (non-hydrogen) atoms. The Kier molecular flexibility index (Phi) is 5.23. The van der Waals surface area contributed by atoms with E-state index in [0.29, 0.717) is 26.7 Å². The lowest BCUT2D eigenvalue weighted by Gasteiger charge is -2.20. The van der Waals surface area contributed by atoms with Crippen molar-refractivity contribution in [3.8, 4) is 11.1 Å². The van der Waals surface area contributed by atoms with Crippen molar-refractivity contribution in [1.82, 2.24) is 9.97 Å². The van der Waals surface area contributed by atoms with Gasteiger partial charge in [0.2, 0.25) is 0 Å². The molecular formula is C14H11Cl3N2S2. The summed E-state index contributed by atoms with van der Waals surface area (Å²) >= 11 is 22.7. The summed E-state index contributed by atoms with van der Waals surface area (Å²) in [6.45, 7) is 0. The van der Waals surface area contributed by atoms with Crippen LogP contribution in [0.3, 0.4) is 0 Å². The number of hydrogen-bond acceptors (Lipinski definition) is 4. The molecule has 0 N–H and O–H groups in total. The summed E-state index contributed by atoms with van der Waals surface area (Å²) in [7, 11) is 0. The number of hydrogen-bond donors (Lipinski definition) is 0. The standard InChI is InChI=1S/C14H11Cl3N2S2/c15-9-4-2-1-3-8(9)11-12(16)18-14(19-13(11)17)10-7-20-5-6-21-10/h1-4,10H,5-7H2. The van der Waals surface area contributed by atoms with Crippen molar-refractivity contribution in [2.24, 2.45) is 0 Å². The van der Waals surface area contributed by atoms with Gasteiger partial charge < -0.3 is 0 Å². The molecule has 2 aromatic rings. The lowest BCUT2D eigenvalue weighted by molar-refractivity contribution is 0.925. The number of nitrogens with zero attached hydrogens (tertiary/aromatic N) is 2. The molecule has 1 aliphatic rings. The van der Waals surface area contributed by atoms with Gasteiger partial charge in [-0.3, -0.25) is 0 Å². The van der Waals surface area contributed by atoms with Gasteiger partial charge in [-0.15, -0.1) is 11.8 Å². The van der Waals surface area contributed by atoms with Gasteiger partial charge >= 0.3 is 0 Å². The first-order valence-electron chi connectivity index (χ1n) is 6.34. The molecule has 1 atom stereocenters. The van der Waals surface area contributed by atoms with Crippen LogP contribution in [-0.4, -0.2) is 27.2 Å². The molecule has 1 fully saturated rings. The van der Waals surface area contributed by atoms with Gasteiger partial charge in [0.1, 0.15) is 16.1 Å². The highest BCUT2D eigenvalue weighted by molar-refractivity contribution is 8.06. The summed E-state index contributed by atoms with van der Waals surface area (Å²) in [5.74, 6) is 3.96. The van der Waals surface area contributed by atoms with E-state index >= 15 is 0 Å². The normalized spacial score (nSPS) is 18.7. The van der Waals surface area contributed by atoms with Crippen LogP contribution in [0.5, 0.6) is 0 Å². The number of aromatic nitrogens is 2. The third-order valence-electron chi connectivity index (χ3n) is 3.09. The Morgan fingerprint density at radius 1 is 1.00 bits per heavy atom. The van der Waals surface area contributed by atoms with E-state index in [-0.39, 0.29) is 5.25 Å². The van der Waals surface area contributed by atoms with Crippen molar-refractivity contribution in [2.45, 2.75) is 5.25 Å². The summed E-state index contributed by atoms with van der Waals surface area (Å²) in [5, 5.41) is 1.54. The van der Waals surface area contributed by atoms with E-state index in [1.807, 2.05) is 41.7 Å². The van der Waals surface area contributed by atoms with Crippen LogP contribution in [0.2, 0.25) is 15.3 Å². The van der Waals surface area contributed by atoms with Gasteiger partial charge in [0, 0.05) is 27.8 Å². The quantitative estimate of drug-likeness (QED) is 0.634. The van der Waals surface area contributed by atoms with Gasteiger partial charge in [-0.2, -0.15) is 11.8 Å². The largest absolute Gasteiger partial charge is 0.219 e. The van der Waals surface area contributed by atoms with Crippen LogP contribution in [0, 0.1) is 0 Å². The third-order valence-corrected chi connectivity index (χ3v) is 6.71. The van der Waals surface area contributed by atoms with E-state index in [2.05, 4.69) is 9.97 Å². The molecule has 0 saturated carbocycles. The Balaban J connectivity index is 2.02. The average molecular weight is 378 g/mol. The van der Waals surface area contributed by atoms with E-state index < -0.39 is 0 Å². The first kappa shape index (κ1) is 15.8. The maximum absolute atomic E-state index is 6.35. The highest BCUT2D eigenvalue weighted by Crippen LogP contribution is 2.40. The molecule has 0 bridgehead atoms. The van der Waals surface area contributed by atoms with E-state index in [1.165, 1.54) is 5.75 Å². The second-order valence-corrected chi connectivity index (χ2v) is 8.04. The number of halogens is 3. The van der Waals surface area contributed by atoms with Crippen molar-refractivity contribution < 1.29 is 0 Å². The van der Waals surface area contributed by atoms with Crippen molar-refractivity contribution in [1.29, 1.82) is 0 Å². The van der Waals surface area contributed by atoms with Crippen LogP contribution in [0.4, 0.5) is 0 Å². The third kappa shape index (κ3) is 3.45. The zero-order chi connectivity index (χ0) is 14.8. The SMILES string of the molecule is Clc1ccccc1-c1c(Cl)nc(C2CSCCS2)nc1Cl. The van der Waals surface area contributed by atoms with Crippen LogP contribution >= 0.6 is 58.3 Å². The molecule has 1 aromatic heterocycles. The van der Waals surface area contributed by atoms with Crippen molar-refractivity contribution >= 4 is 58.3 Å². The number of benzene rings is 1. The minimum Gasteiger partial charge on any atom is -0.219 e. The molecule has 0 radical (unpaired) electrons. The lowest BCUT2D eigenvalue weighted by Crippen LogP contribution is -2.11. The molecule has 7 heteroatoms. The fraction of sp³-hybridized carbons (Fsp3) is 0.286. The molecule has 1 aliphatic heterocycles. The molecule has 0 amide bonds. The molecule has 110 valence electrons. The zero-order valence-electron chi connectivity index (χ0n) is 10.9. The molecule has 1 unspecified atom stereocenters. The van der Waals surface area contributed by atoms with Gasteiger partial charge in [0.05, 0.1) is 10.8 Å². The molecule has 0 spiro atoms. The minimum atomic E-state index is 0.249. The summed E-state index contributed by atoms with van der Waals surface area (Å²) < 4.78 is 0. The van der Waals surface area contributed by atoms with Crippen molar-refractivity contribution in [3.63, 3.8) is 0 Å². The van der Waals surface area contributed by atoms with Crippen molar-refractivity contribution in [2.75, 3.05) is 17.3 Å². The first-order valence-corrected chi connectivity index (χ1v) is 9.67. The molecule has 1 aromatic carbocycles. The summed E-state index contributed by atoms with van der Waals surface area (Å²) in [4.78, 5) is 8.90. The maximum atomic E-state index is 6.35. The number of thioether (sulfide) groups is 2.